The average Bonchev–Trinajstić information content (AvgIpc) is 2.49. The van der Waals surface area contributed by atoms with E-state index in [9.17, 15) is 13.9 Å². The Morgan fingerprint density at radius 2 is 1.76 bits per heavy atom. The molecule has 2 aromatic rings. The fourth-order valence-corrected chi connectivity index (χ4v) is 2.35. The molecule has 21 heavy (non-hydrogen) atoms. The van der Waals surface area contributed by atoms with E-state index in [1.807, 2.05) is 0 Å². The summed E-state index contributed by atoms with van der Waals surface area (Å²) in [5.41, 5.74) is -0.0112. The van der Waals surface area contributed by atoms with E-state index >= 15 is 0 Å². The van der Waals surface area contributed by atoms with E-state index in [0.29, 0.717) is 5.75 Å². The lowest BCUT2D eigenvalue weighted by Crippen LogP contribution is -2.06. The average molecular weight is 315 g/mol. The number of benzene rings is 2. The first-order chi connectivity index (χ1) is 10.0. The Morgan fingerprint density at radius 3 is 2.38 bits per heavy atom. The summed E-state index contributed by atoms with van der Waals surface area (Å²) >= 11 is 6.15. The van der Waals surface area contributed by atoms with Crippen LogP contribution < -0.4 is 9.47 Å². The van der Waals surface area contributed by atoms with Crippen molar-refractivity contribution in [1.29, 1.82) is 0 Å². The molecule has 0 aromatic heterocycles. The molecule has 0 heterocycles. The topological polar surface area (TPSA) is 38.7 Å². The van der Waals surface area contributed by atoms with Crippen molar-refractivity contribution in [3.8, 4) is 11.5 Å². The third-order valence-corrected chi connectivity index (χ3v) is 3.48. The van der Waals surface area contributed by atoms with Gasteiger partial charge in [0.15, 0.2) is 23.1 Å². The fraction of sp³-hybridized carbons (Fsp3) is 0.200. The van der Waals surface area contributed by atoms with Gasteiger partial charge in [0, 0.05) is 11.1 Å². The van der Waals surface area contributed by atoms with Crippen molar-refractivity contribution in [3.05, 3.63) is 58.1 Å². The van der Waals surface area contributed by atoms with Gasteiger partial charge in [-0.25, -0.2) is 8.78 Å². The van der Waals surface area contributed by atoms with Crippen LogP contribution in [0.3, 0.4) is 0 Å². The van der Waals surface area contributed by atoms with Crippen molar-refractivity contribution >= 4 is 11.6 Å². The van der Waals surface area contributed by atoms with Gasteiger partial charge in [0.25, 0.3) is 0 Å². The Morgan fingerprint density at radius 1 is 1.05 bits per heavy atom. The summed E-state index contributed by atoms with van der Waals surface area (Å²) in [6.07, 6.45) is -1.42. The smallest absolute Gasteiger partial charge is 0.179 e. The van der Waals surface area contributed by atoms with E-state index in [2.05, 4.69) is 0 Å². The Kier molecular flexibility index (Phi) is 4.65. The van der Waals surface area contributed by atoms with E-state index in [4.69, 9.17) is 21.1 Å². The van der Waals surface area contributed by atoms with Crippen molar-refractivity contribution in [3.63, 3.8) is 0 Å². The molecule has 0 aliphatic rings. The predicted molar refractivity (Wildman–Crippen MR) is 75.0 cm³/mol. The molecule has 1 atom stereocenters. The molecule has 1 unspecified atom stereocenters. The largest absolute Gasteiger partial charge is 0.493 e. The maximum absolute atomic E-state index is 13.8. The molecule has 0 bridgehead atoms. The Balaban J connectivity index is 2.54. The molecule has 112 valence electrons. The van der Waals surface area contributed by atoms with Crippen LogP contribution in [0.4, 0.5) is 8.78 Å². The molecule has 0 spiro atoms. The number of aliphatic hydroxyl groups is 1. The highest BCUT2D eigenvalue weighted by molar-refractivity contribution is 6.33. The summed E-state index contributed by atoms with van der Waals surface area (Å²) in [6, 6.07) is 6.57. The van der Waals surface area contributed by atoms with Crippen LogP contribution in [0.2, 0.25) is 5.02 Å². The van der Waals surface area contributed by atoms with Crippen LogP contribution in [0.5, 0.6) is 11.5 Å². The Labute approximate surface area is 125 Å². The summed E-state index contributed by atoms with van der Waals surface area (Å²) in [7, 11) is 2.83. The van der Waals surface area contributed by atoms with Gasteiger partial charge in [0.05, 0.1) is 19.2 Å². The zero-order valence-corrected chi connectivity index (χ0v) is 12.1. The lowest BCUT2D eigenvalue weighted by molar-refractivity contribution is 0.212. The van der Waals surface area contributed by atoms with Crippen LogP contribution >= 0.6 is 11.6 Å². The van der Waals surface area contributed by atoms with E-state index in [0.717, 1.165) is 6.07 Å². The van der Waals surface area contributed by atoms with Crippen molar-refractivity contribution in [2.75, 3.05) is 14.2 Å². The summed E-state index contributed by atoms with van der Waals surface area (Å²) in [5.74, 6) is -1.57. The van der Waals surface area contributed by atoms with Crippen LogP contribution in [-0.4, -0.2) is 19.3 Å². The minimum atomic E-state index is -1.42. The number of methoxy groups -OCH3 is 2. The maximum atomic E-state index is 13.8. The van der Waals surface area contributed by atoms with Gasteiger partial charge in [0.1, 0.15) is 6.10 Å². The minimum absolute atomic E-state index is 0.0769. The molecule has 2 rings (SSSR count). The van der Waals surface area contributed by atoms with Crippen LogP contribution in [0.25, 0.3) is 0 Å². The standard InChI is InChI=1S/C15H13ClF2O3/c1-20-11-7-6-8(12(16)15(11)21-2)14(19)9-4-3-5-10(17)13(9)18/h3-7,14,19H,1-2H3. The van der Waals surface area contributed by atoms with Gasteiger partial charge >= 0.3 is 0 Å². The number of rotatable bonds is 4. The zero-order chi connectivity index (χ0) is 15.6. The van der Waals surface area contributed by atoms with Crippen molar-refractivity contribution in [2.45, 2.75) is 6.10 Å². The molecule has 1 N–H and O–H groups in total. The highest BCUT2D eigenvalue weighted by Gasteiger charge is 2.23. The quantitative estimate of drug-likeness (QED) is 0.935. The van der Waals surface area contributed by atoms with Gasteiger partial charge in [-0.15, -0.1) is 0 Å². The molecule has 0 saturated carbocycles. The maximum Gasteiger partial charge on any atom is 0.179 e. The van der Waals surface area contributed by atoms with Gasteiger partial charge in [-0.3, -0.25) is 0 Å². The summed E-state index contributed by atoms with van der Waals surface area (Å²) < 4.78 is 37.2. The number of ether oxygens (including phenoxy) is 2. The first-order valence-electron chi connectivity index (χ1n) is 6.03. The third kappa shape index (κ3) is 2.80. The van der Waals surface area contributed by atoms with Gasteiger partial charge < -0.3 is 14.6 Å². The molecule has 3 nitrogen and oxygen atoms in total. The fourth-order valence-electron chi connectivity index (χ4n) is 2.01. The number of halogens is 3. The first-order valence-corrected chi connectivity index (χ1v) is 6.41. The van der Waals surface area contributed by atoms with Crippen LogP contribution in [-0.2, 0) is 0 Å². The van der Waals surface area contributed by atoms with Gasteiger partial charge in [0.2, 0.25) is 0 Å². The molecule has 6 heteroatoms. The van der Waals surface area contributed by atoms with Crippen molar-refractivity contribution in [1.82, 2.24) is 0 Å². The Bertz CT molecular complexity index is 662. The van der Waals surface area contributed by atoms with Gasteiger partial charge in [-0.05, 0) is 12.1 Å². The summed E-state index contributed by atoms with van der Waals surface area (Å²) in [4.78, 5) is 0. The normalized spacial score (nSPS) is 12.1. The molecule has 0 amide bonds. The number of hydrogen-bond acceptors (Lipinski definition) is 3. The highest BCUT2D eigenvalue weighted by Crippen LogP contribution is 2.41. The Hall–Kier alpha value is -1.85. The lowest BCUT2D eigenvalue weighted by atomic mass is 10.00. The molecular weight excluding hydrogens is 302 g/mol. The lowest BCUT2D eigenvalue weighted by Gasteiger charge is -2.17. The predicted octanol–water partition coefficient (Wildman–Crippen LogP) is 3.72. The molecular formula is C15H13ClF2O3. The third-order valence-electron chi connectivity index (χ3n) is 3.09. The zero-order valence-electron chi connectivity index (χ0n) is 11.4. The second kappa shape index (κ2) is 6.28. The van der Waals surface area contributed by atoms with Gasteiger partial charge in [-0.1, -0.05) is 29.8 Å². The molecule has 2 aromatic carbocycles. The second-order valence-electron chi connectivity index (χ2n) is 4.25. The highest BCUT2D eigenvalue weighted by atomic mass is 35.5. The molecule has 0 aliphatic carbocycles. The second-order valence-corrected chi connectivity index (χ2v) is 4.63. The summed E-state index contributed by atoms with van der Waals surface area (Å²) in [5, 5.41) is 10.4. The number of aliphatic hydroxyl groups excluding tert-OH is 1. The van der Waals surface area contributed by atoms with E-state index in [1.165, 1.54) is 38.5 Å². The van der Waals surface area contributed by atoms with Crippen LogP contribution in [0, 0.1) is 11.6 Å². The molecule has 0 fully saturated rings. The van der Waals surface area contributed by atoms with Crippen LogP contribution in [0.1, 0.15) is 17.2 Å². The molecule has 0 aliphatic heterocycles. The van der Waals surface area contributed by atoms with Crippen molar-refractivity contribution in [2.24, 2.45) is 0 Å². The number of hydrogen-bond donors (Lipinski definition) is 1. The van der Waals surface area contributed by atoms with E-state index < -0.39 is 17.7 Å². The first kappa shape index (κ1) is 15.5. The molecule has 0 radical (unpaired) electrons. The summed E-state index contributed by atoms with van der Waals surface area (Å²) in [6.45, 7) is 0. The molecule has 0 saturated heterocycles. The van der Waals surface area contributed by atoms with Gasteiger partial charge in [-0.2, -0.15) is 0 Å². The van der Waals surface area contributed by atoms with E-state index in [-0.39, 0.29) is 21.9 Å². The monoisotopic (exact) mass is 314 g/mol. The van der Waals surface area contributed by atoms with Crippen molar-refractivity contribution < 1.29 is 23.4 Å². The minimum Gasteiger partial charge on any atom is -0.493 e. The van der Waals surface area contributed by atoms with E-state index in [1.54, 1.807) is 0 Å². The SMILES string of the molecule is COc1ccc(C(O)c2cccc(F)c2F)c(Cl)c1OC. The van der Waals surface area contributed by atoms with Crippen LogP contribution in [0.15, 0.2) is 30.3 Å².